The molecule has 16 heavy (non-hydrogen) atoms. The summed E-state index contributed by atoms with van der Waals surface area (Å²) in [4.78, 5) is 15.8. The second-order valence-electron chi connectivity index (χ2n) is 4.96. The van der Waals surface area contributed by atoms with E-state index >= 15 is 0 Å². The molecular formula is C11H22N4O. The first-order valence-corrected chi connectivity index (χ1v) is 6.13. The van der Waals surface area contributed by atoms with E-state index in [1.807, 2.05) is 6.92 Å². The van der Waals surface area contributed by atoms with E-state index in [4.69, 9.17) is 5.73 Å². The fourth-order valence-electron chi connectivity index (χ4n) is 2.45. The highest BCUT2D eigenvalue weighted by Crippen LogP contribution is 2.16. The maximum atomic E-state index is 10.9. The molecule has 2 heterocycles. The molecule has 0 saturated carbocycles. The molecular weight excluding hydrogens is 204 g/mol. The quantitative estimate of drug-likeness (QED) is 0.625. The third-order valence-electron chi connectivity index (χ3n) is 3.62. The van der Waals surface area contributed by atoms with Crippen molar-refractivity contribution in [3.05, 3.63) is 0 Å². The first-order valence-electron chi connectivity index (χ1n) is 6.13. The first kappa shape index (κ1) is 11.8. The van der Waals surface area contributed by atoms with Crippen LogP contribution in [0.1, 0.15) is 6.92 Å². The topological polar surface area (TPSA) is 61.6 Å². The molecule has 2 aliphatic rings. The van der Waals surface area contributed by atoms with Crippen LogP contribution < -0.4 is 11.1 Å². The lowest BCUT2D eigenvalue weighted by Crippen LogP contribution is -2.63. The highest BCUT2D eigenvalue weighted by Gasteiger charge is 2.33. The lowest BCUT2D eigenvalue weighted by atomic mass is 10.0. The van der Waals surface area contributed by atoms with Crippen molar-refractivity contribution in [2.75, 3.05) is 45.8 Å². The molecule has 0 aromatic rings. The second-order valence-corrected chi connectivity index (χ2v) is 4.96. The predicted octanol–water partition coefficient (Wildman–Crippen LogP) is -1.30. The minimum atomic E-state index is -0.189. The Morgan fingerprint density at radius 1 is 1.44 bits per heavy atom. The average Bonchev–Trinajstić information content (AvgIpc) is 2.23. The van der Waals surface area contributed by atoms with E-state index in [1.54, 1.807) is 0 Å². The van der Waals surface area contributed by atoms with Crippen molar-refractivity contribution in [1.82, 2.24) is 15.1 Å². The highest BCUT2D eigenvalue weighted by atomic mass is 16.1. The van der Waals surface area contributed by atoms with Gasteiger partial charge in [0.1, 0.15) is 0 Å². The second kappa shape index (κ2) is 5.12. The van der Waals surface area contributed by atoms with Crippen LogP contribution >= 0.6 is 0 Å². The zero-order valence-electron chi connectivity index (χ0n) is 9.98. The Morgan fingerprint density at radius 3 is 2.62 bits per heavy atom. The molecule has 2 aliphatic heterocycles. The van der Waals surface area contributed by atoms with Crippen LogP contribution in [0.2, 0.25) is 0 Å². The molecule has 0 spiro atoms. The summed E-state index contributed by atoms with van der Waals surface area (Å²) < 4.78 is 0. The van der Waals surface area contributed by atoms with Gasteiger partial charge in [0, 0.05) is 57.8 Å². The van der Waals surface area contributed by atoms with Gasteiger partial charge in [-0.05, 0) is 0 Å². The molecule has 1 atom stereocenters. The summed E-state index contributed by atoms with van der Waals surface area (Å²) in [5, 5.41) is 3.36. The van der Waals surface area contributed by atoms with Crippen molar-refractivity contribution in [3.8, 4) is 0 Å². The smallest absolute Gasteiger partial charge is 0.221 e. The fourth-order valence-corrected chi connectivity index (χ4v) is 2.45. The molecule has 2 rings (SSSR count). The zero-order chi connectivity index (χ0) is 11.5. The highest BCUT2D eigenvalue weighted by molar-refractivity contribution is 5.76. The number of carbonyl (C=O) groups excluding carboxylic acids is 1. The Hall–Kier alpha value is -0.650. The van der Waals surface area contributed by atoms with Crippen LogP contribution in [-0.2, 0) is 4.79 Å². The molecule has 0 bridgehead atoms. The summed E-state index contributed by atoms with van der Waals surface area (Å²) in [5.74, 6) is -0.213. The van der Waals surface area contributed by atoms with Gasteiger partial charge in [0.05, 0.1) is 0 Å². The van der Waals surface area contributed by atoms with Crippen molar-refractivity contribution in [3.63, 3.8) is 0 Å². The van der Waals surface area contributed by atoms with E-state index in [-0.39, 0.29) is 11.8 Å². The number of carbonyl (C=O) groups is 1. The lowest BCUT2D eigenvalue weighted by molar-refractivity contribution is -0.122. The van der Waals surface area contributed by atoms with Gasteiger partial charge < -0.3 is 11.1 Å². The minimum absolute atomic E-state index is 0.0241. The van der Waals surface area contributed by atoms with E-state index in [1.165, 1.54) is 0 Å². The zero-order valence-corrected chi connectivity index (χ0v) is 9.98. The summed E-state index contributed by atoms with van der Waals surface area (Å²) in [6.45, 7) is 9.43. The van der Waals surface area contributed by atoms with Gasteiger partial charge in [0.2, 0.25) is 5.91 Å². The molecule has 0 aromatic heterocycles. The van der Waals surface area contributed by atoms with Gasteiger partial charge in [-0.1, -0.05) is 6.92 Å². The van der Waals surface area contributed by atoms with Gasteiger partial charge in [-0.25, -0.2) is 0 Å². The average molecular weight is 226 g/mol. The Bertz CT molecular complexity index is 246. The Kier molecular flexibility index (Phi) is 3.78. The van der Waals surface area contributed by atoms with Crippen LogP contribution in [0.3, 0.4) is 0 Å². The third-order valence-corrected chi connectivity index (χ3v) is 3.62. The van der Waals surface area contributed by atoms with Crippen LogP contribution in [0.5, 0.6) is 0 Å². The Morgan fingerprint density at radius 2 is 2.06 bits per heavy atom. The lowest BCUT2D eigenvalue weighted by Gasteiger charge is -2.47. The van der Waals surface area contributed by atoms with Crippen LogP contribution in [0, 0.1) is 5.92 Å². The van der Waals surface area contributed by atoms with Crippen molar-refractivity contribution in [2.45, 2.75) is 13.0 Å². The van der Waals surface area contributed by atoms with E-state index in [0.29, 0.717) is 6.04 Å². The number of hydrogen-bond acceptors (Lipinski definition) is 4. The van der Waals surface area contributed by atoms with Crippen molar-refractivity contribution in [1.29, 1.82) is 0 Å². The molecule has 3 N–H and O–H groups in total. The Balaban J connectivity index is 1.67. The molecule has 0 radical (unpaired) electrons. The Labute approximate surface area is 96.9 Å². The van der Waals surface area contributed by atoms with Gasteiger partial charge in [-0.2, -0.15) is 0 Å². The number of nitrogens with one attached hydrogen (secondary N) is 1. The summed E-state index contributed by atoms with van der Waals surface area (Å²) in [5.41, 5.74) is 5.26. The summed E-state index contributed by atoms with van der Waals surface area (Å²) in [7, 11) is 0. The van der Waals surface area contributed by atoms with Crippen LogP contribution in [0.25, 0.3) is 0 Å². The van der Waals surface area contributed by atoms with Crippen LogP contribution in [-0.4, -0.2) is 67.6 Å². The van der Waals surface area contributed by atoms with E-state index < -0.39 is 0 Å². The summed E-state index contributed by atoms with van der Waals surface area (Å²) >= 11 is 0. The molecule has 92 valence electrons. The minimum Gasteiger partial charge on any atom is -0.369 e. The molecule has 5 nitrogen and oxygen atoms in total. The van der Waals surface area contributed by atoms with E-state index in [9.17, 15) is 4.79 Å². The number of hydrogen-bond donors (Lipinski definition) is 2. The van der Waals surface area contributed by atoms with E-state index in [0.717, 1.165) is 45.8 Å². The molecule has 2 saturated heterocycles. The van der Waals surface area contributed by atoms with Gasteiger partial charge in [-0.15, -0.1) is 0 Å². The largest absolute Gasteiger partial charge is 0.369 e. The molecule has 1 unspecified atom stereocenters. The molecule has 0 aromatic carbocycles. The SMILES string of the molecule is CC(CN1CC(N2CCNCC2)C1)C(N)=O. The number of piperazine rings is 1. The van der Waals surface area contributed by atoms with Gasteiger partial charge in [-0.3, -0.25) is 14.6 Å². The fraction of sp³-hybridized carbons (Fsp3) is 0.909. The third kappa shape index (κ3) is 2.72. The predicted molar refractivity (Wildman–Crippen MR) is 63.0 cm³/mol. The van der Waals surface area contributed by atoms with Crippen molar-refractivity contribution >= 4 is 5.91 Å². The van der Waals surface area contributed by atoms with Crippen molar-refractivity contribution < 1.29 is 4.79 Å². The first-order chi connectivity index (χ1) is 7.66. The molecule has 1 amide bonds. The number of nitrogens with two attached hydrogens (primary N) is 1. The normalized spacial score (nSPS) is 26.3. The van der Waals surface area contributed by atoms with Gasteiger partial charge >= 0.3 is 0 Å². The summed E-state index contributed by atoms with van der Waals surface area (Å²) in [6.07, 6.45) is 0. The van der Waals surface area contributed by atoms with Crippen LogP contribution in [0.4, 0.5) is 0 Å². The number of rotatable bonds is 4. The maximum Gasteiger partial charge on any atom is 0.221 e. The van der Waals surface area contributed by atoms with Gasteiger partial charge in [0.25, 0.3) is 0 Å². The van der Waals surface area contributed by atoms with Crippen LogP contribution in [0.15, 0.2) is 0 Å². The summed E-state index contributed by atoms with van der Waals surface area (Å²) in [6, 6.07) is 0.696. The van der Waals surface area contributed by atoms with Gasteiger partial charge in [0.15, 0.2) is 0 Å². The number of nitrogens with zero attached hydrogens (tertiary/aromatic N) is 2. The van der Waals surface area contributed by atoms with E-state index in [2.05, 4.69) is 15.1 Å². The maximum absolute atomic E-state index is 10.9. The molecule has 5 heteroatoms. The van der Waals surface area contributed by atoms with Crippen molar-refractivity contribution in [2.24, 2.45) is 11.7 Å². The number of likely N-dealkylation sites (tertiary alicyclic amines) is 1. The monoisotopic (exact) mass is 226 g/mol. The molecule has 0 aliphatic carbocycles. The standard InChI is InChI=1S/C11H22N4O/c1-9(11(12)16)6-14-7-10(8-14)15-4-2-13-3-5-15/h9-10,13H,2-8H2,1H3,(H2,12,16). The number of amides is 1. The molecule has 2 fully saturated rings. The number of primary amides is 1.